The average Bonchev–Trinajstić information content (AvgIpc) is 2.49. The number of nitrogens with one attached hydrogen (secondary N) is 1. The van der Waals surface area contributed by atoms with Gasteiger partial charge in [-0.1, -0.05) is 15.9 Å². The smallest absolute Gasteiger partial charge is 0.255 e. The lowest BCUT2D eigenvalue weighted by Crippen LogP contribution is -2.13. The van der Waals surface area contributed by atoms with Gasteiger partial charge in [-0.25, -0.2) is 4.39 Å². The lowest BCUT2D eigenvalue weighted by atomic mass is 10.2. The van der Waals surface area contributed by atoms with Crippen molar-refractivity contribution >= 4 is 27.5 Å². The molecule has 0 unspecified atom stereocenters. The first kappa shape index (κ1) is 17.3. The maximum atomic E-state index is 13.4. The van der Waals surface area contributed by atoms with Crippen molar-refractivity contribution in [1.82, 2.24) is 0 Å². The molecule has 0 aliphatic rings. The molecule has 0 aliphatic heterocycles. The van der Waals surface area contributed by atoms with Gasteiger partial charge in [-0.2, -0.15) is 0 Å². The van der Waals surface area contributed by atoms with Crippen LogP contribution in [0.3, 0.4) is 0 Å². The second-order valence-corrected chi connectivity index (χ2v) is 5.55. The molecule has 4 nitrogen and oxygen atoms in total. The van der Waals surface area contributed by atoms with Gasteiger partial charge in [0, 0.05) is 16.1 Å². The molecule has 2 aromatic rings. The van der Waals surface area contributed by atoms with Gasteiger partial charge in [0.15, 0.2) is 0 Å². The summed E-state index contributed by atoms with van der Waals surface area (Å²) in [5.41, 5.74) is 0.685. The Morgan fingerprint density at radius 1 is 1.13 bits per heavy atom. The third-order valence-electron chi connectivity index (χ3n) is 2.93. The zero-order valence-electron chi connectivity index (χ0n) is 12.9. The van der Waals surface area contributed by atoms with Crippen molar-refractivity contribution in [2.75, 3.05) is 18.5 Å². The quantitative estimate of drug-likeness (QED) is 0.792. The van der Waals surface area contributed by atoms with Crippen LogP contribution in [-0.2, 0) is 0 Å². The van der Waals surface area contributed by atoms with E-state index in [1.807, 2.05) is 13.8 Å². The number of rotatable bonds is 6. The number of halogens is 2. The summed E-state index contributed by atoms with van der Waals surface area (Å²) in [4.78, 5) is 12.3. The fourth-order valence-electron chi connectivity index (χ4n) is 2.02. The molecular weight excluding hydrogens is 365 g/mol. The number of benzene rings is 2. The standard InChI is InChI=1S/C17H17BrFNO3/c1-3-22-14-5-6-16(23-4-2)15(10-14)20-17(21)11-7-12(18)9-13(19)8-11/h5-10H,3-4H2,1-2H3,(H,20,21). The van der Waals surface area contributed by atoms with Crippen LogP contribution >= 0.6 is 15.9 Å². The van der Waals surface area contributed by atoms with Crippen LogP contribution in [-0.4, -0.2) is 19.1 Å². The maximum Gasteiger partial charge on any atom is 0.255 e. The van der Waals surface area contributed by atoms with Gasteiger partial charge in [0.2, 0.25) is 0 Å². The molecule has 2 rings (SSSR count). The van der Waals surface area contributed by atoms with Crippen LogP contribution in [0.15, 0.2) is 40.9 Å². The molecule has 23 heavy (non-hydrogen) atoms. The largest absolute Gasteiger partial charge is 0.494 e. The van der Waals surface area contributed by atoms with E-state index in [1.54, 1.807) is 24.3 Å². The minimum Gasteiger partial charge on any atom is -0.494 e. The van der Waals surface area contributed by atoms with Crippen LogP contribution in [0.2, 0.25) is 0 Å². The molecule has 122 valence electrons. The Bertz CT molecular complexity index is 686. The molecule has 6 heteroatoms. The minimum absolute atomic E-state index is 0.209. The van der Waals surface area contributed by atoms with Gasteiger partial charge in [0.05, 0.1) is 18.9 Å². The van der Waals surface area contributed by atoms with Gasteiger partial charge in [0.25, 0.3) is 5.91 Å². The second-order valence-electron chi connectivity index (χ2n) is 4.64. The predicted octanol–water partition coefficient (Wildman–Crippen LogP) is 4.64. The molecule has 0 bridgehead atoms. The molecule has 0 fully saturated rings. The van der Waals surface area contributed by atoms with E-state index in [0.717, 1.165) is 0 Å². The molecule has 0 saturated carbocycles. The van der Waals surface area contributed by atoms with Crippen molar-refractivity contribution in [2.45, 2.75) is 13.8 Å². The molecule has 0 aromatic heterocycles. The van der Waals surface area contributed by atoms with Crippen LogP contribution in [0, 0.1) is 5.82 Å². The fraction of sp³-hybridized carbons (Fsp3) is 0.235. The normalized spacial score (nSPS) is 10.3. The van der Waals surface area contributed by atoms with Gasteiger partial charge >= 0.3 is 0 Å². The first-order valence-corrected chi connectivity index (χ1v) is 7.99. The SMILES string of the molecule is CCOc1ccc(OCC)c(NC(=O)c2cc(F)cc(Br)c2)c1. The molecule has 0 atom stereocenters. The maximum absolute atomic E-state index is 13.4. The first-order chi connectivity index (χ1) is 11.0. The highest BCUT2D eigenvalue weighted by atomic mass is 79.9. The Morgan fingerprint density at radius 2 is 1.87 bits per heavy atom. The molecule has 0 saturated heterocycles. The lowest BCUT2D eigenvalue weighted by Gasteiger charge is -2.13. The van der Waals surface area contributed by atoms with Crippen molar-refractivity contribution in [3.05, 3.63) is 52.3 Å². The van der Waals surface area contributed by atoms with Gasteiger partial charge < -0.3 is 14.8 Å². The number of hydrogen-bond donors (Lipinski definition) is 1. The van der Waals surface area contributed by atoms with E-state index in [9.17, 15) is 9.18 Å². The highest BCUT2D eigenvalue weighted by molar-refractivity contribution is 9.10. The zero-order chi connectivity index (χ0) is 16.8. The third kappa shape index (κ3) is 4.69. The lowest BCUT2D eigenvalue weighted by molar-refractivity contribution is 0.102. The van der Waals surface area contributed by atoms with E-state index in [2.05, 4.69) is 21.2 Å². The summed E-state index contributed by atoms with van der Waals surface area (Å²) in [6, 6.07) is 9.19. The van der Waals surface area contributed by atoms with E-state index in [-0.39, 0.29) is 5.56 Å². The molecule has 1 N–H and O–H groups in total. The summed E-state index contributed by atoms with van der Waals surface area (Å²) in [7, 11) is 0. The molecule has 0 spiro atoms. The highest BCUT2D eigenvalue weighted by Gasteiger charge is 2.13. The van der Waals surface area contributed by atoms with E-state index in [0.29, 0.717) is 34.9 Å². The van der Waals surface area contributed by atoms with Crippen molar-refractivity contribution in [3.8, 4) is 11.5 Å². The second kappa shape index (κ2) is 7.97. The average molecular weight is 382 g/mol. The summed E-state index contributed by atoms with van der Waals surface area (Å²) in [6.07, 6.45) is 0. The predicted molar refractivity (Wildman–Crippen MR) is 90.8 cm³/mol. The number of ether oxygens (including phenoxy) is 2. The highest BCUT2D eigenvalue weighted by Crippen LogP contribution is 2.30. The Balaban J connectivity index is 2.29. The number of anilines is 1. The third-order valence-corrected chi connectivity index (χ3v) is 3.39. The number of carbonyl (C=O) groups excluding carboxylic acids is 1. The fourth-order valence-corrected chi connectivity index (χ4v) is 2.49. The van der Waals surface area contributed by atoms with Crippen LogP contribution in [0.4, 0.5) is 10.1 Å². The van der Waals surface area contributed by atoms with Crippen LogP contribution < -0.4 is 14.8 Å². The van der Waals surface area contributed by atoms with Gasteiger partial charge in [-0.05, 0) is 44.2 Å². The summed E-state index contributed by atoms with van der Waals surface area (Å²) >= 11 is 3.17. The van der Waals surface area contributed by atoms with Crippen molar-refractivity contribution < 1.29 is 18.7 Å². The molecule has 1 amide bonds. The van der Waals surface area contributed by atoms with Gasteiger partial charge in [-0.15, -0.1) is 0 Å². The topological polar surface area (TPSA) is 47.6 Å². The van der Waals surface area contributed by atoms with E-state index >= 15 is 0 Å². The first-order valence-electron chi connectivity index (χ1n) is 7.20. The molecular formula is C17H17BrFNO3. The molecule has 0 radical (unpaired) electrons. The summed E-state index contributed by atoms with van der Waals surface area (Å²) < 4.78 is 24.9. The monoisotopic (exact) mass is 381 g/mol. The zero-order valence-corrected chi connectivity index (χ0v) is 14.4. The molecule has 0 aliphatic carbocycles. The van der Waals surface area contributed by atoms with Gasteiger partial charge in [-0.3, -0.25) is 4.79 Å². The van der Waals surface area contributed by atoms with Crippen LogP contribution in [0.25, 0.3) is 0 Å². The van der Waals surface area contributed by atoms with E-state index < -0.39 is 11.7 Å². The Kier molecular flexibility index (Phi) is 5.98. The Morgan fingerprint density at radius 3 is 2.52 bits per heavy atom. The summed E-state index contributed by atoms with van der Waals surface area (Å²) in [5, 5.41) is 2.73. The Hall–Kier alpha value is -2.08. The van der Waals surface area contributed by atoms with Gasteiger partial charge in [0.1, 0.15) is 17.3 Å². The number of carbonyl (C=O) groups is 1. The van der Waals surface area contributed by atoms with Crippen molar-refractivity contribution in [3.63, 3.8) is 0 Å². The summed E-state index contributed by atoms with van der Waals surface area (Å²) in [6.45, 7) is 4.70. The van der Waals surface area contributed by atoms with Crippen LogP contribution in [0.5, 0.6) is 11.5 Å². The van der Waals surface area contributed by atoms with Crippen LogP contribution in [0.1, 0.15) is 24.2 Å². The number of hydrogen-bond acceptors (Lipinski definition) is 3. The van der Waals surface area contributed by atoms with E-state index in [1.165, 1.54) is 12.1 Å². The minimum atomic E-state index is -0.488. The molecule has 2 aromatic carbocycles. The van der Waals surface area contributed by atoms with Crippen molar-refractivity contribution in [2.24, 2.45) is 0 Å². The Labute approximate surface area is 142 Å². The number of amides is 1. The van der Waals surface area contributed by atoms with Crippen molar-refractivity contribution in [1.29, 1.82) is 0 Å². The van der Waals surface area contributed by atoms with E-state index in [4.69, 9.17) is 9.47 Å². The summed E-state index contributed by atoms with van der Waals surface area (Å²) in [5.74, 6) is 0.226. The molecule has 0 heterocycles.